The van der Waals surface area contributed by atoms with Crippen LogP contribution < -0.4 is 10.5 Å². The molecule has 0 radical (unpaired) electrons. The first kappa shape index (κ1) is 16.5. The van der Waals surface area contributed by atoms with Crippen LogP contribution in [0.1, 0.15) is 43.8 Å². The zero-order chi connectivity index (χ0) is 15.8. The number of hydrogen-bond acceptors (Lipinski definition) is 5. The van der Waals surface area contributed by atoms with E-state index in [2.05, 4.69) is 4.72 Å². The van der Waals surface area contributed by atoms with Crippen LogP contribution in [0.25, 0.3) is 0 Å². The normalized spacial score (nSPS) is 22.4. The Kier molecular flexibility index (Phi) is 4.49. The fraction of sp³-hybridized carbons (Fsp3) is 0.714. The molecule has 1 aliphatic heterocycles. The highest BCUT2D eigenvalue weighted by Crippen LogP contribution is 2.29. The Morgan fingerprint density at radius 1 is 1.33 bits per heavy atom. The van der Waals surface area contributed by atoms with Crippen LogP contribution in [0.2, 0.25) is 0 Å². The SMILES string of the molecule is Cc1oc(C)c(S(=O)(=O)NC2CCOC(C)(C)C2)c1CN. The molecule has 1 saturated heterocycles. The molecule has 21 heavy (non-hydrogen) atoms. The fourth-order valence-corrected chi connectivity index (χ4v) is 4.64. The maximum absolute atomic E-state index is 12.7. The molecule has 6 nitrogen and oxygen atoms in total. The van der Waals surface area contributed by atoms with Crippen molar-refractivity contribution in [2.75, 3.05) is 6.61 Å². The fourth-order valence-electron chi connectivity index (χ4n) is 2.91. The second kappa shape index (κ2) is 5.72. The van der Waals surface area contributed by atoms with Crippen LogP contribution >= 0.6 is 0 Å². The third-order valence-electron chi connectivity index (χ3n) is 3.82. The largest absolute Gasteiger partial charge is 0.465 e. The number of ether oxygens (including phenoxy) is 1. The Bertz CT molecular complexity index is 619. The topological polar surface area (TPSA) is 94.6 Å². The average Bonchev–Trinajstić information content (AvgIpc) is 2.62. The molecule has 1 aromatic heterocycles. The standard InChI is InChI=1S/C14H24N2O4S/c1-9-12(8-15)13(10(2)20-9)21(17,18)16-11-5-6-19-14(3,4)7-11/h11,16H,5-8,15H2,1-4H3. The van der Waals surface area contributed by atoms with Crippen molar-refractivity contribution >= 4 is 10.0 Å². The summed E-state index contributed by atoms with van der Waals surface area (Å²) in [5.74, 6) is 0.939. The van der Waals surface area contributed by atoms with Gasteiger partial charge in [-0.15, -0.1) is 0 Å². The molecule has 1 unspecified atom stereocenters. The van der Waals surface area contributed by atoms with Crippen molar-refractivity contribution in [1.29, 1.82) is 0 Å². The predicted molar refractivity (Wildman–Crippen MR) is 79.4 cm³/mol. The van der Waals surface area contributed by atoms with E-state index in [1.807, 2.05) is 13.8 Å². The van der Waals surface area contributed by atoms with Crippen LogP contribution in [0.5, 0.6) is 0 Å². The molecular formula is C14H24N2O4S. The molecule has 1 fully saturated rings. The van der Waals surface area contributed by atoms with Crippen molar-refractivity contribution in [2.45, 2.75) is 63.6 Å². The van der Waals surface area contributed by atoms with Gasteiger partial charge in [-0.1, -0.05) is 0 Å². The Morgan fingerprint density at radius 3 is 2.57 bits per heavy atom. The molecule has 0 saturated carbocycles. The van der Waals surface area contributed by atoms with E-state index in [0.717, 1.165) is 0 Å². The van der Waals surface area contributed by atoms with Crippen molar-refractivity contribution in [3.05, 3.63) is 17.1 Å². The van der Waals surface area contributed by atoms with Gasteiger partial charge in [0.15, 0.2) is 0 Å². The highest BCUT2D eigenvalue weighted by molar-refractivity contribution is 7.89. The first-order valence-electron chi connectivity index (χ1n) is 7.11. The van der Waals surface area contributed by atoms with Gasteiger partial charge in [0.25, 0.3) is 0 Å². The van der Waals surface area contributed by atoms with Gasteiger partial charge in [0.2, 0.25) is 10.0 Å². The first-order chi connectivity index (χ1) is 9.66. The molecule has 1 aromatic rings. The third kappa shape index (κ3) is 3.48. The molecule has 0 aromatic carbocycles. The number of aryl methyl sites for hydroxylation is 2. The van der Waals surface area contributed by atoms with Crippen LogP contribution in [-0.2, 0) is 21.3 Å². The summed E-state index contributed by atoms with van der Waals surface area (Å²) >= 11 is 0. The predicted octanol–water partition coefficient (Wildman–Crippen LogP) is 1.59. The molecule has 120 valence electrons. The smallest absolute Gasteiger partial charge is 0.244 e. The number of furan rings is 1. The minimum atomic E-state index is -3.64. The van der Waals surface area contributed by atoms with E-state index >= 15 is 0 Å². The zero-order valence-electron chi connectivity index (χ0n) is 13.0. The minimum absolute atomic E-state index is 0.138. The maximum atomic E-state index is 12.7. The van der Waals surface area contributed by atoms with E-state index in [9.17, 15) is 8.42 Å². The van der Waals surface area contributed by atoms with Crippen LogP contribution in [0.4, 0.5) is 0 Å². The summed E-state index contributed by atoms with van der Waals surface area (Å²) < 4.78 is 39.1. The van der Waals surface area contributed by atoms with Gasteiger partial charge in [-0.3, -0.25) is 0 Å². The van der Waals surface area contributed by atoms with Gasteiger partial charge in [0, 0.05) is 24.8 Å². The molecule has 0 aliphatic carbocycles. The van der Waals surface area contributed by atoms with E-state index in [1.54, 1.807) is 13.8 Å². The summed E-state index contributed by atoms with van der Waals surface area (Å²) in [7, 11) is -3.64. The van der Waals surface area contributed by atoms with E-state index in [4.69, 9.17) is 14.9 Å². The summed E-state index contributed by atoms with van der Waals surface area (Å²) in [6.07, 6.45) is 1.30. The molecule has 3 N–H and O–H groups in total. The lowest BCUT2D eigenvalue weighted by Crippen LogP contribution is -2.45. The van der Waals surface area contributed by atoms with Gasteiger partial charge in [0.1, 0.15) is 16.4 Å². The molecule has 7 heteroatoms. The van der Waals surface area contributed by atoms with Crippen molar-refractivity contribution in [2.24, 2.45) is 5.73 Å². The second-order valence-electron chi connectivity index (χ2n) is 6.15. The first-order valence-corrected chi connectivity index (χ1v) is 8.60. The Hall–Kier alpha value is -0.890. The van der Waals surface area contributed by atoms with Gasteiger partial charge < -0.3 is 14.9 Å². The number of hydrogen-bond donors (Lipinski definition) is 2. The van der Waals surface area contributed by atoms with Crippen LogP contribution in [0, 0.1) is 13.8 Å². The van der Waals surface area contributed by atoms with Crippen LogP contribution in [0.15, 0.2) is 9.31 Å². The number of nitrogens with one attached hydrogen (secondary N) is 1. The van der Waals surface area contributed by atoms with Gasteiger partial charge in [-0.2, -0.15) is 0 Å². The monoisotopic (exact) mass is 316 g/mol. The van der Waals surface area contributed by atoms with Gasteiger partial charge in [-0.25, -0.2) is 13.1 Å². The summed E-state index contributed by atoms with van der Waals surface area (Å²) in [6, 6.07) is -0.140. The van der Waals surface area contributed by atoms with Crippen molar-refractivity contribution in [3.63, 3.8) is 0 Å². The van der Waals surface area contributed by atoms with Gasteiger partial charge in [0.05, 0.1) is 5.60 Å². The lowest BCUT2D eigenvalue weighted by atomic mass is 9.95. The number of sulfonamides is 1. The minimum Gasteiger partial charge on any atom is -0.465 e. The zero-order valence-corrected chi connectivity index (χ0v) is 13.8. The van der Waals surface area contributed by atoms with E-state index in [0.29, 0.717) is 36.5 Å². The molecule has 0 bridgehead atoms. The molecular weight excluding hydrogens is 292 g/mol. The van der Waals surface area contributed by atoms with Crippen molar-refractivity contribution in [3.8, 4) is 0 Å². The highest BCUT2D eigenvalue weighted by Gasteiger charge is 2.34. The summed E-state index contributed by atoms with van der Waals surface area (Å²) in [5.41, 5.74) is 5.90. The number of rotatable bonds is 4. The maximum Gasteiger partial charge on any atom is 0.244 e. The Morgan fingerprint density at radius 2 is 2.00 bits per heavy atom. The lowest BCUT2D eigenvalue weighted by molar-refractivity contribution is -0.0599. The van der Waals surface area contributed by atoms with Gasteiger partial charge >= 0.3 is 0 Å². The third-order valence-corrected chi connectivity index (χ3v) is 5.53. The molecule has 0 amide bonds. The summed E-state index contributed by atoms with van der Waals surface area (Å²) in [6.45, 7) is 7.99. The summed E-state index contributed by atoms with van der Waals surface area (Å²) in [5, 5.41) is 0. The van der Waals surface area contributed by atoms with E-state index in [1.165, 1.54) is 0 Å². The Balaban J connectivity index is 2.27. The van der Waals surface area contributed by atoms with E-state index in [-0.39, 0.29) is 23.1 Å². The average molecular weight is 316 g/mol. The van der Waals surface area contributed by atoms with Crippen molar-refractivity contribution < 1.29 is 17.6 Å². The molecule has 1 aliphatic rings. The Labute approximate surface area is 126 Å². The number of nitrogens with two attached hydrogens (primary N) is 1. The van der Waals surface area contributed by atoms with Crippen LogP contribution in [0.3, 0.4) is 0 Å². The molecule has 1 atom stereocenters. The van der Waals surface area contributed by atoms with Crippen molar-refractivity contribution in [1.82, 2.24) is 4.72 Å². The van der Waals surface area contributed by atoms with Crippen LogP contribution in [-0.4, -0.2) is 26.7 Å². The highest BCUT2D eigenvalue weighted by atomic mass is 32.2. The van der Waals surface area contributed by atoms with E-state index < -0.39 is 10.0 Å². The molecule has 0 spiro atoms. The quantitative estimate of drug-likeness (QED) is 0.879. The van der Waals surface area contributed by atoms with Gasteiger partial charge in [-0.05, 0) is 40.5 Å². The summed E-state index contributed by atoms with van der Waals surface area (Å²) in [4.78, 5) is 0.187. The molecule has 2 heterocycles. The molecule has 2 rings (SSSR count). The lowest BCUT2D eigenvalue weighted by Gasteiger charge is -2.35. The second-order valence-corrected chi connectivity index (χ2v) is 7.80.